The number of amides is 2. The van der Waals surface area contributed by atoms with Gasteiger partial charge in [-0.25, -0.2) is 9.59 Å². The van der Waals surface area contributed by atoms with Crippen LogP contribution in [0, 0.1) is 5.92 Å². The minimum atomic E-state index is -0.662. The molecular formula is C23H31N3O6. The van der Waals surface area contributed by atoms with E-state index in [0.717, 1.165) is 5.56 Å². The van der Waals surface area contributed by atoms with Crippen LogP contribution in [0.2, 0.25) is 0 Å². The van der Waals surface area contributed by atoms with Crippen LogP contribution in [0.5, 0.6) is 5.75 Å². The summed E-state index contributed by atoms with van der Waals surface area (Å²) in [7, 11) is 1.56. The number of carbonyl (C=O) groups is 3. The number of rotatable bonds is 8. The number of hydrogen-bond acceptors (Lipinski definition) is 7. The number of piperidine rings is 1. The number of esters is 2. The van der Waals surface area contributed by atoms with Crippen LogP contribution < -0.4 is 15.4 Å². The zero-order valence-corrected chi connectivity index (χ0v) is 18.8. The fourth-order valence-corrected chi connectivity index (χ4v) is 4.07. The summed E-state index contributed by atoms with van der Waals surface area (Å²) in [5.74, 6) is -0.131. The van der Waals surface area contributed by atoms with E-state index in [1.807, 2.05) is 12.1 Å². The lowest BCUT2D eigenvalue weighted by atomic mass is 9.93. The van der Waals surface area contributed by atoms with Gasteiger partial charge in [-0.2, -0.15) is 0 Å². The van der Waals surface area contributed by atoms with Gasteiger partial charge in [-0.15, -0.1) is 0 Å². The summed E-state index contributed by atoms with van der Waals surface area (Å²) in [4.78, 5) is 39.5. The predicted molar refractivity (Wildman–Crippen MR) is 117 cm³/mol. The average Bonchev–Trinajstić information content (AvgIpc) is 2.79. The van der Waals surface area contributed by atoms with Crippen LogP contribution >= 0.6 is 0 Å². The summed E-state index contributed by atoms with van der Waals surface area (Å²) in [5.41, 5.74) is 1.60. The van der Waals surface area contributed by atoms with Crippen LogP contribution in [-0.4, -0.2) is 62.8 Å². The van der Waals surface area contributed by atoms with Crippen LogP contribution in [0.25, 0.3) is 0 Å². The molecule has 174 valence electrons. The lowest BCUT2D eigenvalue weighted by molar-refractivity contribution is -0.149. The largest absolute Gasteiger partial charge is 0.497 e. The molecule has 0 unspecified atom stereocenters. The van der Waals surface area contributed by atoms with Crippen LogP contribution in [0.3, 0.4) is 0 Å². The third-order valence-corrected chi connectivity index (χ3v) is 5.67. The van der Waals surface area contributed by atoms with Gasteiger partial charge >= 0.3 is 18.0 Å². The molecule has 9 heteroatoms. The standard InChI is InChI=1S/C23H31N3O6/c1-4-31-21(27)15-9-11-26(12-10-15)14-18-19(22(28)32-5-2)20(25-23(29)24-18)16-7-6-8-17(13-16)30-3/h6-8,13,15,20H,4-5,9-12,14H2,1-3H3,(H2,24,25,29)/t20-/m1/s1. The maximum atomic E-state index is 12.9. The monoisotopic (exact) mass is 445 g/mol. The zero-order chi connectivity index (χ0) is 23.1. The summed E-state index contributed by atoms with van der Waals surface area (Å²) >= 11 is 0. The van der Waals surface area contributed by atoms with Crippen molar-refractivity contribution in [3.63, 3.8) is 0 Å². The Morgan fingerprint density at radius 1 is 1.12 bits per heavy atom. The fraction of sp³-hybridized carbons (Fsp3) is 0.522. The number of urea groups is 1. The second-order valence-corrected chi connectivity index (χ2v) is 7.72. The van der Waals surface area contributed by atoms with Crippen molar-refractivity contribution in [1.82, 2.24) is 15.5 Å². The number of carbonyl (C=O) groups excluding carboxylic acids is 3. The van der Waals surface area contributed by atoms with Gasteiger partial charge in [0.15, 0.2) is 0 Å². The van der Waals surface area contributed by atoms with Gasteiger partial charge in [0.1, 0.15) is 5.75 Å². The first-order valence-electron chi connectivity index (χ1n) is 11.0. The van der Waals surface area contributed by atoms with Crippen molar-refractivity contribution >= 4 is 18.0 Å². The molecule has 0 bridgehead atoms. The molecule has 3 rings (SSSR count). The minimum absolute atomic E-state index is 0.114. The van der Waals surface area contributed by atoms with E-state index in [4.69, 9.17) is 14.2 Å². The minimum Gasteiger partial charge on any atom is -0.497 e. The Labute approximate surface area is 188 Å². The maximum Gasteiger partial charge on any atom is 0.338 e. The Morgan fingerprint density at radius 3 is 2.50 bits per heavy atom. The van der Waals surface area contributed by atoms with Crippen molar-refractivity contribution in [3.05, 3.63) is 41.1 Å². The molecule has 2 heterocycles. The molecule has 2 N–H and O–H groups in total. The van der Waals surface area contributed by atoms with Crippen LogP contribution in [0.4, 0.5) is 4.79 Å². The highest BCUT2D eigenvalue weighted by Crippen LogP contribution is 2.30. The van der Waals surface area contributed by atoms with Gasteiger partial charge in [0, 0.05) is 12.2 Å². The molecule has 1 fully saturated rings. The maximum absolute atomic E-state index is 12.9. The lowest BCUT2D eigenvalue weighted by Gasteiger charge is -2.35. The Morgan fingerprint density at radius 2 is 1.84 bits per heavy atom. The number of hydrogen-bond donors (Lipinski definition) is 2. The van der Waals surface area contributed by atoms with E-state index in [-0.39, 0.29) is 24.5 Å². The van der Waals surface area contributed by atoms with E-state index in [0.29, 0.717) is 56.1 Å². The number of ether oxygens (including phenoxy) is 3. The second-order valence-electron chi connectivity index (χ2n) is 7.72. The van der Waals surface area contributed by atoms with Crippen molar-refractivity contribution in [1.29, 1.82) is 0 Å². The molecule has 1 aromatic rings. The molecule has 9 nitrogen and oxygen atoms in total. The van der Waals surface area contributed by atoms with E-state index in [1.54, 1.807) is 33.1 Å². The molecule has 2 aliphatic heterocycles. The smallest absolute Gasteiger partial charge is 0.338 e. The number of methoxy groups -OCH3 is 1. The number of benzene rings is 1. The van der Waals surface area contributed by atoms with E-state index < -0.39 is 12.0 Å². The molecule has 32 heavy (non-hydrogen) atoms. The number of likely N-dealkylation sites (tertiary alicyclic amines) is 1. The average molecular weight is 446 g/mol. The Kier molecular flexibility index (Phi) is 8.10. The van der Waals surface area contributed by atoms with Gasteiger partial charge in [-0.05, 0) is 57.5 Å². The van der Waals surface area contributed by atoms with Gasteiger partial charge in [0.2, 0.25) is 0 Å². The van der Waals surface area contributed by atoms with Crippen LogP contribution in [-0.2, 0) is 19.1 Å². The summed E-state index contributed by atoms with van der Waals surface area (Å²) in [6.45, 7) is 5.84. The number of nitrogens with zero attached hydrogens (tertiary/aromatic N) is 1. The first kappa shape index (κ1) is 23.6. The highest BCUT2D eigenvalue weighted by atomic mass is 16.5. The quantitative estimate of drug-likeness (QED) is 0.591. The zero-order valence-electron chi connectivity index (χ0n) is 18.8. The van der Waals surface area contributed by atoms with Crippen molar-refractivity contribution in [2.75, 3.05) is 40.0 Å². The Hall–Kier alpha value is -3.07. The Bertz CT molecular complexity index is 876. The van der Waals surface area contributed by atoms with Crippen molar-refractivity contribution in [2.24, 2.45) is 5.92 Å². The summed E-state index contributed by atoms with van der Waals surface area (Å²) < 4.78 is 15.8. The van der Waals surface area contributed by atoms with Crippen LogP contribution in [0.1, 0.15) is 38.3 Å². The van der Waals surface area contributed by atoms with E-state index in [1.165, 1.54) is 0 Å². The highest BCUT2D eigenvalue weighted by molar-refractivity contribution is 5.95. The Balaban J connectivity index is 1.85. The first-order chi connectivity index (χ1) is 15.5. The predicted octanol–water partition coefficient (Wildman–Crippen LogP) is 2.14. The summed E-state index contributed by atoms with van der Waals surface area (Å²) in [5, 5.41) is 5.63. The number of nitrogens with one attached hydrogen (secondary N) is 2. The molecule has 0 radical (unpaired) electrons. The first-order valence-corrected chi connectivity index (χ1v) is 11.0. The molecule has 0 aliphatic carbocycles. The molecule has 0 aromatic heterocycles. The van der Waals surface area contributed by atoms with E-state index in [2.05, 4.69) is 15.5 Å². The van der Waals surface area contributed by atoms with Crippen LogP contribution in [0.15, 0.2) is 35.5 Å². The summed E-state index contributed by atoms with van der Waals surface area (Å²) in [6.07, 6.45) is 1.35. The SMILES string of the molecule is CCOC(=O)C1=C(CN2CCC(C(=O)OCC)CC2)NC(=O)N[C@@H]1c1cccc(OC)c1. The van der Waals surface area contributed by atoms with Crippen molar-refractivity contribution in [3.8, 4) is 5.75 Å². The third kappa shape index (κ3) is 5.59. The molecule has 2 aliphatic rings. The van der Waals surface area contributed by atoms with Gasteiger partial charge in [-0.3, -0.25) is 9.69 Å². The van der Waals surface area contributed by atoms with E-state index in [9.17, 15) is 14.4 Å². The molecular weight excluding hydrogens is 414 g/mol. The topological polar surface area (TPSA) is 106 Å². The molecule has 1 aromatic carbocycles. The van der Waals surface area contributed by atoms with Gasteiger partial charge in [-0.1, -0.05) is 12.1 Å². The fourth-order valence-electron chi connectivity index (χ4n) is 4.07. The van der Waals surface area contributed by atoms with Gasteiger partial charge < -0.3 is 24.8 Å². The normalized spacial score (nSPS) is 19.7. The van der Waals surface area contributed by atoms with Crippen molar-refractivity contribution in [2.45, 2.75) is 32.7 Å². The third-order valence-electron chi connectivity index (χ3n) is 5.67. The van der Waals surface area contributed by atoms with Gasteiger partial charge in [0.25, 0.3) is 0 Å². The van der Waals surface area contributed by atoms with Crippen molar-refractivity contribution < 1.29 is 28.6 Å². The van der Waals surface area contributed by atoms with Gasteiger partial charge in [0.05, 0.1) is 37.9 Å². The molecule has 1 atom stereocenters. The highest BCUT2D eigenvalue weighted by Gasteiger charge is 2.35. The molecule has 0 saturated carbocycles. The second kappa shape index (κ2) is 11.0. The lowest BCUT2D eigenvalue weighted by Crippen LogP contribution is -2.49. The molecule has 2 amide bonds. The molecule has 1 saturated heterocycles. The molecule has 0 spiro atoms. The van der Waals surface area contributed by atoms with E-state index >= 15 is 0 Å². The summed E-state index contributed by atoms with van der Waals surface area (Å²) in [6, 6.07) is 6.19.